The lowest BCUT2D eigenvalue weighted by Gasteiger charge is -2.35. The number of phenolic OH excluding ortho intramolecular Hbond substituents is 2. The highest BCUT2D eigenvalue weighted by Crippen LogP contribution is 2.35. The van der Waals surface area contributed by atoms with Gasteiger partial charge < -0.3 is 20.6 Å². The third-order valence-electron chi connectivity index (χ3n) is 4.11. The molecule has 1 fully saturated rings. The molecule has 0 bridgehead atoms. The van der Waals surface area contributed by atoms with Gasteiger partial charge in [-0.25, -0.2) is 0 Å². The van der Waals surface area contributed by atoms with Crippen LogP contribution in [0.25, 0.3) is 0 Å². The van der Waals surface area contributed by atoms with Crippen LogP contribution in [0.1, 0.15) is 42.5 Å². The lowest BCUT2D eigenvalue weighted by Crippen LogP contribution is -2.41. The van der Waals surface area contributed by atoms with Gasteiger partial charge in [0, 0.05) is 17.5 Å². The zero-order valence-corrected chi connectivity index (χ0v) is 11.4. The van der Waals surface area contributed by atoms with Crippen LogP contribution in [0.5, 0.6) is 11.5 Å². The number of benzene rings is 1. The Hall–Kier alpha value is -1.75. The van der Waals surface area contributed by atoms with Gasteiger partial charge >= 0.3 is 0 Å². The van der Waals surface area contributed by atoms with Crippen LogP contribution in [0.2, 0.25) is 0 Å². The van der Waals surface area contributed by atoms with Crippen LogP contribution in [0.3, 0.4) is 0 Å². The zero-order chi connectivity index (χ0) is 14.6. The van der Waals surface area contributed by atoms with Crippen LogP contribution in [0.15, 0.2) is 18.2 Å². The Morgan fingerprint density at radius 1 is 1.15 bits per heavy atom. The average Bonchev–Trinajstić information content (AvgIpc) is 2.48. The van der Waals surface area contributed by atoms with Gasteiger partial charge in [0.25, 0.3) is 5.91 Å². The van der Waals surface area contributed by atoms with E-state index in [0.717, 1.165) is 25.7 Å². The second-order valence-corrected chi connectivity index (χ2v) is 5.60. The second-order valence-electron chi connectivity index (χ2n) is 5.60. The molecule has 1 saturated carbocycles. The molecule has 20 heavy (non-hydrogen) atoms. The molecule has 1 aromatic carbocycles. The molecule has 0 aromatic heterocycles. The molecule has 0 aliphatic heterocycles. The van der Waals surface area contributed by atoms with Crippen molar-refractivity contribution in [3.05, 3.63) is 23.8 Å². The fourth-order valence-corrected chi connectivity index (χ4v) is 2.73. The summed E-state index contributed by atoms with van der Waals surface area (Å²) < 4.78 is 0. The Labute approximate surface area is 118 Å². The molecule has 0 atom stereocenters. The van der Waals surface area contributed by atoms with Gasteiger partial charge in [-0.2, -0.15) is 0 Å². The van der Waals surface area contributed by atoms with Gasteiger partial charge in [-0.15, -0.1) is 0 Å². The monoisotopic (exact) mass is 279 g/mol. The first-order valence-electron chi connectivity index (χ1n) is 6.97. The standard InChI is InChI=1S/C15H21NO4/c17-10-15(6-2-1-3-7-15)9-16-14(20)11-4-5-12(18)13(19)8-11/h4-5,8,17-19H,1-3,6-7,9-10H2,(H,16,20). The molecule has 4 N–H and O–H groups in total. The lowest BCUT2D eigenvalue weighted by atomic mass is 9.74. The van der Waals surface area contributed by atoms with Crippen LogP contribution in [0.4, 0.5) is 0 Å². The molecule has 0 unspecified atom stereocenters. The number of carbonyl (C=O) groups is 1. The summed E-state index contributed by atoms with van der Waals surface area (Å²) in [5, 5.41) is 31.0. The largest absolute Gasteiger partial charge is 0.504 e. The van der Waals surface area contributed by atoms with E-state index >= 15 is 0 Å². The molecular weight excluding hydrogens is 258 g/mol. The van der Waals surface area contributed by atoms with E-state index in [9.17, 15) is 20.1 Å². The molecule has 5 heteroatoms. The topological polar surface area (TPSA) is 89.8 Å². The van der Waals surface area contributed by atoms with Crippen molar-refractivity contribution in [1.82, 2.24) is 5.32 Å². The fraction of sp³-hybridized carbons (Fsp3) is 0.533. The van der Waals surface area contributed by atoms with Gasteiger partial charge in [0.05, 0.1) is 6.61 Å². The highest BCUT2D eigenvalue weighted by molar-refractivity contribution is 5.94. The summed E-state index contributed by atoms with van der Waals surface area (Å²) in [7, 11) is 0. The third-order valence-corrected chi connectivity index (χ3v) is 4.11. The maximum Gasteiger partial charge on any atom is 0.251 e. The summed E-state index contributed by atoms with van der Waals surface area (Å²) in [5.41, 5.74) is 0.0802. The number of phenols is 2. The van der Waals surface area contributed by atoms with Crippen molar-refractivity contribution >= 4 is 5.91 Å². The minimum Gasteiger partial charge on any atom is -0.504 e. The van der Waals surface area contributed by atoms with Crippen LogP contribution < -0.4 is 5.32 Å². The van der Waals surface area contributed by atoms with E-state index in [1.54, 1.807) is 0 Å². The number of aromatic hydroxyl groups is 2. The van der Waals surface area contributed by atoms with Gasteiger partial charge in [-0.05, 0) is 31.0 Å². The predicted molar refractivity (Wildman–Crippen MR) is 74.7 cm³/mol. The average molecular weight is 279 g/mol. The predicted octanol–water partition coefficient (Wildman–Crippen LogP) is 1.77. The number of amides is 1. The first-order valence-corrected chi connectivity index (χ1v) is 6.97. The molecule has 5 nitrogen and oxygen atoms in total. The minimum absolute atomic E-state index is 0.0775. The molecule has 0 radical (unpaired) electrons. The number of hydrogen-bond donors (Lipinski definition) is 4. The van der Waals surface area contributed by atoms with Crippen LogP contribution in [0, 0.1) is 5.41 Å². The summed E-state index contributed by atoms with van der Waals surface area (Å²) >= 11 is 0. The highest BCUT2D eigenvalue weighted by atomic mass is 16.3. The number of aliphatic hydroxyl groups excluding tert-OH is 1. The summed E-state index contributed by atoms with van der Waals surface area (Å²) in [6.45, 7) is 0.512. The van der Waals surface area contributed by atoms with E-state index in [1.165, 1.54) is 24.6 Å². The Morgan fingerprint density at radius 2 is 1.85 bits per heavy atom. The Morgan fingerprint density at radius 3 is 2.45 bits per heavy atom. The van der Waals surface area contributed by atoms with Gasteiger partial charge in [0.2, 0.25) is 0 Å². The van der Waals surface area contributed by atoms with Crippen molar-refractivity contribution in [3.63, 3.8) is 0 Å². The second kappa shape index (κ2) is 6.13. The van der Waals surface area contributed by atoms with Crippen LogP contribution >= 0.6 is 0 Å². The Balaban J connectivity index is 1.98. The van der Waals surface area contributed by atoms with Crippen molar-refractivity contribution in [3.8, 4) is 11.5 Å². The number of carbonyl (C=O) groups excluding carboxylic acids is 1. The SMILES string of the molecule is O=C(NCC1(CO)CCCCC1)c1ccc(O)c(O)c1. The molecule has 1 aliphatic carbocycles. The molecule has 2 rings (SSSR count). The molecule has 1 amide bonds. The Bertz CT molecular complexity index is 481. The van der Waals surface area contributed by atoms with Gasteiger partial charge in [-0.1, -0.05) is 19.3 Å². The van der Waals surface area contributed by atoms with Crippen molar-refractivity contribution in [2.75, 3.05) is 13.2 Å². The van der Waals surface area contributed by atoms with E-state index in [1.807, 2.05) is 0 Å². The summed E-state index contributed by atoms with van der Waals surface area (Å²) in [6, 6.07) is 3.97. The van der Waals surface area contributed by atoms with E-state index in [2.05, 4.69) is 5.32 Å². The van der Waals surface area contributed by atoms with Crippen LogP contribution in [-0.2, 0) is 0 Å². The van der Waals surface area contributed by atoms with Gasteiger partial charge in [-0.3, -0.25) is 4.79 Å². The molecule has 0 saturated heterocycles. The summed E-state index contributed by atoms with van der Waals surface area (Å²) in [5.74, 6) is -0.869. The molecule has 110 valence electrons. The Kier molecular flexibility index (Phi) is 4.49. The van der Waals surface area contributed by atoms with E-state index in [-0.39, 0.29) is 29.4 Å². The molecule has 0 heterocycles. The van der Waals surface area contributed by atoms with E-state index in [4.69, 9.17) is 0 Å². The molecule has 0 spiro atoms. The van der Waals surface area contributed by atoms with Crippen molar-refractivity contribution in [1.29, 1.82) is 0 Å². The van der Waals surface area contributed by atoms with Crippen molar-refractivity contribution in [2.45, 2.75) is 32.1 Å². The van der Waals surface area contributed by atoms with Gasteiger partial charge in [0.15, 0.2) is 11.5 Å². The molecule has 1 aromatic rings. The number of aliphatic hydroxyl groups is 1. The van der Waals surface area contributed by atoms with Gasteiger partial charge in [0.1, 0.15) is 0 Å². The van der Waals surface area contributed by atoms with Crippen molar-refractivity contribution < 1.29 is 20.1 Å². The quantitative estimate of drug-likeness (QED) is 0.632. The maximum absolute atomic E-state index is 12.0. The number of hydrogen-bond acceptors (Lipinski definition) is 4. The number of nitrogens with one attached hydrogen (secondary N) is 1. The molecular formula is C15H21NO4. The summed E-state index contributed by atoms with van der Waals surface area (Å²) in [4.78, 5) is 12.0. The minimum atomic E-state index is -0.313. The maximum atomic E-state index is 12.0. The third kappa shape index (κ3) is 3.22. The first-order chi connectivity index (χ1) is 9.56. The van der Waals surface area contributed by atoms with Crippen molar-refractivity contribution in [2.24, 2.45) is 5.41 Å². The zero-order valence-electron chi connectivity index (χ0n) is 11.4. The fourth-order valence-electron chi connectivity index (χ4n) is 2.73. The highest BCUT2D eigenvalue weighted by Gasteiger charge is 2.31. The first kappa shape index (κ1) is 14.7. The number of rotatable bonds is 4. The lowest BCUT2D eigenvalue weighted by molar-refractivity contribution is 0.0718. The smallest absolute Gasteiger partial charge is 0.251 e. The van der Waals surface area contributed by atoms with E-state index in [0.29, 0.717) is 12.1 Å². The van der Waals surface area contributed by atoms with E-state index < -0.39 is 0 Å². The molecule has 1 aliphatic rings. The normalized spacial score (nSPS) is 17.6. The van der Waals surface area contributed by atoms with Crippen LogP contribution in [-0.4, -0.2) is 34.4 Å². The summed E-state index contributed by atoms with van der Waals surface area (Å²) in [6.07, 6.45) is 5.18.